The van der Waals surface area contributed by atoms with Gasteiger partial charge >= 0.3 is 5.97 Å². The van der Waals surface area contributed by atoms with Gasteiger partial charge in [-0.25, -0.2) is 4.79 Å². The third-order valence-electron chi connectivity index (χ3n) is 1.91. The predicted molar refractivity (Wildman–Crippen MR) is 65.3 cm³/mol. The van der Waals surface area contributed by atoms with Gasteiger partial charge in [0.1, 0.15) is 12.6 Å². The van der Waals surface area contributed by atoms with E-state index >= 15 is 0 Å². The van der Waals surface area contributed by atoms with Crippen LogP contribution in [0.3, 0.4) is 0 Å². The predicted octanol–water partition coefficient (Wildman–Crippen LogP) is -0.0281. The van der Waals surface area contributed by atoms with Crippen molar-refractivity contribution in [3.05, 3.63) is 0 Å². The number of amides is 1. The van der Waals surface area contributed by atoms with Crippen LogP contribution in [-0.2, 0) is 19.1 Å². The first kappa shape index (κ1) is 16.2. The largest absolute Gasteiger partial charge is 0.480 e. The maximum atomic E-state index is 11.3. The van der Waals surface area contributed by atoms with E-state index in [-0.39, 0.29) is 6.61 Å². The van der Waals surface area contributed by atoms with Crippen LogP contribution in [0.1, 0.15) is 6.42 Å². The summed E-state index contributed by atoms with van der Waals surface area (Å²) in [7, 11) is 1.53. The Labute approximate surface area is 105 Å². The third kappa shape index (κ3) is 8.96. The molecule has 1 amide bonds. The number of carboxylic acids is 1. The average Bonchev–Trinajstić information content (AvgIpc) is 2.29. The lowest BCUT2D eigenvalue weighted by atomic mass is 10.2. The van der Waals surface area contributed by atoms with E-state index in [1.165, 1.54) is 18.9 Å². The normalized spacial score (nSPS) is 12.1. The number of ether oxygens (including phenoxy) is 2. The highest BCUT2D eigenvalue weighted by molar-refractivity contribution is 7.98. The van der Waals surface area contributed by atoms with Crippen LogP contribution < -0.4 is 5.32 Å². The van der Waals surface area contributed by atoms with Crippen molar-refractivity contribution >= 4 is 23.6 Å². The Morgan fingerprint density at radius 3 is 2.65 bits per heavy atom. The fourth-order valence-electron chi connectivity index (χ4n) is 1.04. The number of hydrogen-bond acceptors (Lipinski definition) is 5. The SMILES string of the molecule is COCCOCC(=O)N[C@@H](CCSC)C(=O)O. The van der Waals surface area contributed by atoms with Gasteiger partial charge in [-0.05, 0) is 18.4 Å². The van der Waals surface area contributed by atoms with Crippen molar-refractivity contribution in [2.24, 2.45) is 0 Å². The molecule has 6 nitrogen and oxygen atoms in total. The van der Waals surface area contributed by atoms with E-state index in [1.807, 2.05) is 6.26 Å². The Morgan fingerprint density at radius 2 is 2.12 bits per heavy atom. The molecular formula is C10H19NO5S. The maximum Gasteiger partial charge on any atom is 0.326 e. The Hall–Kier alpha value is -0.790. The van der Waals surface area contributed by atoms with E-state index in [0.717, 1.165) is 0 Å². The summed E-state index contributed by atoms with van der Waals surface area (Å²) in [4.78, 5) is 22.2. The molecule has 0 saturated heterocycles. The van der Waals surface area contributed by atoms with Crippen molar-refractivity contribution in [1.29, 1.82) is 0 Å². The molecule has 0 radical (unpaired) electrons. The van der Waals surface area contributed by atoms with Gasteiger partial charge in [0.25, 0.3) is 0 Å². The van der Waals surface area contributed by atoms with Crippen molar-refractivity contribution in [1.82, 2.24) is 5.32 Å². The number of carbonyl (C=O) groups is 2. The minimum Gasteiger partial charge on any atom is -0.480 e. The monoisotopic (exact) mass is 265 g/mol. The number of nitrogens with one attached hydrogen (secondary N) is 1. The third-order valence-corrected chi connectivity index (χ3v) is 2.55. The summed E-state index contributed by atoms with van der Waals surface area (Å²) in [5, 5.41) is 11.3. The number of aliphatic carboxylic acids is 1. The van der Waals surface area contributed by atoms with E-state index in [2.05, 4.69) is 5.32 Å². The zero-order valence-corrected chi connectivity index (χ0v) is 10.9. The molecule has 0 aliphatic rings. The number of carbonyl (C=O) groups excluding carboxylic acids is 1. The highest BCUT2D eigenvalue weighted by Gasteiger charge is 2.18. The van der Waals surface area contributed by atoms with Gasteiger partial charge in [0, 0.05) is 7.11 Å². The molecule has 0 aliphatic carbocycles. The van der Waals surface area contributed by atoms with Crippen molar-refractivity contribution in [2.45, 2.75) is 12.5 Å². The van der Waals surface area contributed by atoms with E-state index < -0.39 is 17.9 Å². The molecule has 7 heteroatoms. The van der Waals surface area contributed by atoms with Crippen molar-refractivity contribution in [2.75, 3.05) is 38.9 Å². The number of thioether (sulfide) groups is 1. The molecule has 0 aliphatic heterocycles. The highest BCUT2D eigenvalue weighted by Crippen LogP contribution is 2.00. The quantitative estimate of drug-likeness (QED) is 0.540. The minimum atomic E-state index is -1.02. The van der Waals surface area contributed by atoms with Gasteiger partial charge in [-0.15, -0.1) is 0 Å². The zero-order valence-electron chi connectivity index (χ0n) is 10.1. The lowest BCUT2D eigenvalue weighted by Crippen LogP contribution is -2.42. The Kier molecular flexibility index (Phi) is 9.89. The van der Waals surface area contributed by atoms with Crippen LogP contribution in [0, 0.1) is 0 Å². The van der Waals surface area contributed by atoms with Crippen LogP contribution in [0.2, 0.25) is 0 Å². The lowest BCUT2D eigenvalue weighted by Gasteiger charge is -2.13. The first-order valence-electron chi connectivity index (χ1n) is 5.19. The molecule has 0 rings (SSSR count). The van der Waals surface area contributed by atoms with Crippen LogP contribution in [0.25, 0.3) is 0 Å². The summed E-state index contributed by atoms with van der Waals surface area (Å²) < 4.78 is 9.73. The summed E-state index contributed by atoms with van der Waals surface area (Å²) in [6.07, 6.45) is 2.29. The van der Waals surface area contributed by atoms with Crippen molar-refractivity contribution < 1.29 is 24.2 Å². The highest BCUT2D eigenvalue weighted by atomic mass is 32.2. The van der Waals surface area contributed by atoms with Gasteiger partial charge in [-0.2, -0.15) is 11.8 Å². The van der Waals surface area contributed by atoms with Crippen LogP contribution >= 0.6 is 11.8 Å². The van der Waals surface area contributed by atoms with E-state index in [4.69, 9.17) is 14.6 Å². The zero-order chi connectivity index (χ0) is 13.1. The molecule has 0 aromatic carbocycles. The second kappa shape index (κ2) is 10.4. The second-order valence-corrected chi connectivity index (χ2v) is 4.27. The van der Waals surface area contributed by atoms with Crippen molar-refractivity contribution in [3.8, 4) is 0 Å². The molecule has 1 atom stereocenters. The molecule has 0 spiro atoms. The van der Waals surface area contributed by atoms with Crippen LogP contribution in [-0.4, -0.2) is 62.0 Å². The Balaban J connectivity index is 3.83. The van der Waals surface area contributed by atoms with E-state index in [9.17, 15) is 9.59 Å². The molecular weight excluding hydrogens is 246 g/mol. The molecule has 0 bridgehead atoms. The van der Waals surface area contributed by atoms with Crippen LogP contribution in [0.5, 0.6) is 0 Å². The fourth-order valence-corrected chi connectivity index (χ4v) is 1.51. The van der Waals surface area contributed by atoms with Gasteiger partial charge in [0.05, 0.1) is 13.2 Å². The first-order chi connectivity index (χ1) is 8.11. The molecule has 0 unspecified atom stereocenters. The number of rotatable bonds is 10. The fraction of sp³-hybridized carbons (Fsp3) is 0.800. The van der Waals surface area contributed by atoms with E-state index in [1.54, 1.807) is 0 Å². The van der Waals surface area contributed by atoms with Gasteiger partial charge in [0.2, 0.25) is 5.91 Å². The topological polar surface area (TPSA) is 84.9 Å². The average molecular weight is 265 g/mol. The number of carboxylic acid groups (broad SMARTS) is 1. The molecule has 2 N–H and O–H groups in total. The number of hydrogen-bond donors (Lipinski definition) is 2. The molecule has 0 saturated carbocycles. The van der Waals surface area contributed by atoms with Gasteiger partial charge < -0.3 is 19.9 Å². The second-order valence-electron chi connectivity index (χ2n) is 3.29. The van der Waals surface area contributed by atoms with Crippen molar-refractivity contribution in [3.63, 3.8) is 0 Å². The first-order valence-corrected chi connectivity index (χ1v) is 6.59. The summed E-state index contributed by atoms with van der Waals surface area (Å²) >= 11 is 1.54. The molecule has 0 aromatic rings. The molecule has 17 heavy (non-hydrogen) atoms. The Bertz CT molecular complexity index is 237. The molecule has 100 valence electrons. The van der Waals surface area contributed by atoms with Crippen LogP contribution in [0.15, 0.2) is 0 Å². The standard InChI is InChI=1S/C10H19NO5S/c1-15-4-5-16-7-9(12)11-8(10(13)14)3-6-17-2/h8H,3-7H2,1-2H3,(H,11,12)(H,13,14)/t8-/m0/s1. The molecule has 0 aromatic heterocycles. The Morgan fingerprint density at radius 1 is 1.41 bits per heavy atom. The summed E-state index contributed by atoms with van der Waals surface area (Å²) in [6.45, 7) is 0.570. The van der Waals surface area contributed by atoms with Gasteiger partial charge in [0.15, 0.2) is 0 Å². The molecule has 0 fully saturated rings. The van der Waals surface area contributed by atoms with Crippen LogP contribution in [0.4, 0.5) is 0 Å². The van der Waals surface area contributed by atoms with Gasteiger partial charge in [-0.3, -0.25) is 4.79 Å². The number of methoxy groups -OCH3 is 1. The van der Waals surface area contributed by atoms with Gasteiger partial charge in [-0.1, -0.05) is 0 Å². The smallest absolute Gasteiger partial charge is 0.326 e. The summed E-state index contributed by atoms with van der Waals surface area (Å²) in [6, 6.07) is -0.846. The lowest BCUT2D eigenvalue weighted by molar-refractivity contribution is -0.142. The summed E-state index contributed by atoms with van der Waals surface area (Å²) in [5.41, 5.74) is 0. The maximum absolute atomic E-state index is 11.3. The summed E-state index contributed by atoms with van der Waals surface area (Å²) in [5.74, 6) is -0.763. The molecule has 0 heterocycles. The van der Waals surface area contributed by atoms with E-state index in [0.29, 0.717) is 25.4 Å². The minimum absolute atomic E-state index is 0.146.